The molecule has 10 nitrogen and oxygen atoms in total. The number of carbonyl (C=O) groups excluding carboxylic acids is 4. The molecule has 38 heavy (non-hydrogen) atoms. The first kappa shape index (κ1) is 27.6. The van der Waals surface area contributed by atoms with E-state index in [2.05, 4.69) is 5.32 Å². The maximum atomic E-state index is 13.3. The molecule has 0 heterocycles. The maximum absolute atomic E-state index is 13.3. The third-order valence-electron chi connectivity index (χ3n) is 5.41. The molecule has 3 aromatic rings. The van der Waals surface area contributed by atoms with Gasteiger partial charge in [-0.2, -0.15) is 0 Å². The lowest BCUT2D eigenvalue weighted by Crippen LogP contribution is -2.48. The average Bonchev–Trinajstić information content (AvgIpc) is 2.90. The summed E-state index contributed by atoms with van der Waals surface area (Å²) in [6, 6.07) is 18.0. The zero-order valence-corrected chi connectivity index (χ0v) is 20.8. The molecule has 0 spiro atoms. The van der Waals surface area contributed by atoms with Gasteiger partial charge in [-0.1, -0.05) is 47.5 Å². The number of aryl methyl sites for hydroxylation is 2. The average molecular weight is 520 g/mol. The molecule has 3 aromatic carbocycles. The van der Waals surface area contributed by atoms with E-state index >= 15 is 0 Å². The zero-order chi connectivity index (χ0) is 27.8. The van der Waals surface area contributed by atoms with E-state index in [1.54, 1.807) is 38.1 Å². The Kier molecular flexibility index (Phi) is 8.94. The van der Waals surface area contributed by atoms with Gasteiger partial charge in [-0.15, -0.1) is 0 Å². The largest absolute Gasteiger partial charge is 0.478 e. The second kappa shape index (κ2) is 12.3. The number of ether oxygens (including phenoxy) is 3. The summed E-state index contributed by atoms with van der Waals surface area (Å²) in [4.78, 5) is 63.2. The highest BCUT2D eigenvalue weighted by atomic mass is 16.6. The van der Waals surface area contributed by atoms with Crippen LogP contribution < -0.4 is 5.32 Å². The highest BCUT2D eigenvalue weighted by molar-refractivity contribution is 6.05. The first-order chi connectivity index (χ1) is 18.1. The summed E-state index contributed by atoms with van der Waals surface area (Å²) in [6.45, 7) is 3.60. The first-order valence-electron chi connectivity index (χ1n) is 11.4. The van der Waals surface area contributed by atoms with Gasteiger partial charge in [0.15, 0.2) is 0 Å². The van der Waals surface area contributed by atoms with E-state index in [0.717, 1.165) is 18.2 Å². The lowest BCUT2D eigenvalue weighted by molar-refractivity contribution is -0.157. The molecule has 0 bridgehead atoms. The molecule has 1 amide bonds. The summed E-state index contributed by atoms with van der Waals surface area (Å²) in [6.07, 6.45) is -4.34. The number of para-hydroxylation sites is 1. The Morgan fingerprint density at radius 1 is 0.684 bits per heavy atom. The van der Waals surface area contributed by atoms with Gasteiger partial charge in [0.25, 0.3) is 5.91 Å². The number of methoxy groups -OCH3 is 1. The molecule has 10 heteroatoms. The predicted molar refractivity (Wildman–Crippen MR) is 135 cm³/mol. The lowest BCUT2D eigenvalue weighted by Gasteiger charge is -2.24. The van der Waals surface area contributed by atoms with Crippen molar-refractivity contribution in [2.24, 2.45) is 0 Å². The number of aliphatic carboxylic acids is 1. The van der Waals surface area contributed by atoms with Gasteiger partial charge in [-0.05, 0) is 50.2 Å². The molecule has 0 saturated heterocycles. The molecular formula is C28H25NO9. The van der Waals surface area contributed by atoms with Crippen LogP contribution in [0.2, 0.25) is 0 Å². The van der Waals surface area contributed by atoms with E-state index < -0.39 is 42.0 Å². The summed E-state index contributed by atoms with van der Waals surface area (Å²) in [7, 11) is 1.15. The molecule has 2 atom stereocenters. The van der Waals surface area contributed by atoms with E-state index in [-0.39, 0.29) is 22.4 Å². The number of benzene rings is 3. The molecule has 0 unspecified atom stereocenters. The van der Waals surface area contributed by atoms with Crippen LogP contribution in [-0.4, -0.2) is 54.2 Å². The van der Waals surface area contributed by atoms with Crippen LogP contribution in [0.3, 0.4) is 0 Å². The summed E-state index contributed by atoms with van der Waals surface area (Å²) in [5, 5.41) is 12.3. The van der Waals surface area contributed by atoms with Gasteiger partial charge >= 0.3 is 23.9 Å². The Morgan fingerprint density at radius 3 is 1.63 bits per heavy atom. The molecule has 0 radical (unpaired) electrons. The summed E-state index contributed by atoms with van der Waals surface area (Å²) in [5.74, 6) is -5.72. The fraction of sp³-hybridized carbons (Fsp3) is 0.179. The van der Waals surface area contributed by atoms with Crippen molar-refractivity contribution in [3.8, 4) is 0 Å². The number of hydrogen-bond donors (Lipinski definition) is 2. The quantitative estimate of drug-likeness (QED) is 0.320. The van der Waals surface area contributed by atoms with E-state index in [1.165, 1.54) is 48.5 Å². The number of anilines is 1. The Hall–Kier alpha value is -4.99. The van der Waals surface area contributed by atoms with E-state index in [1.807, 2.05) is 0 Å². The number of rotatable bonds is 9. The van der Waals surface area contributed by atoms with Crippen molar-refractivity contribution in [1.29, 1.82) is 0 Å². The van der Waals surface area contributed by atoms with Gasteiger partial charge in [-0.3, -0.25) is 4.79 Å². The molecule has 0 aromatic heterocycles. The van der Waals surface area contributed by atoms with E-state index in [0.29, 0.717) is 0 Å². The van der Waals surface area contributed by atoms with Crippen molar-refractivity contribution in [2.45, 2.75) is 26.1 Å². The van der Waals surface area contributed by atoms with Crippen molar-refractivity contribution in [1.82, 2.24) is 0 Å². The lowest BCUT2D eigenvalue weighted by atomic mass is 10.1. The molecular weight excluding hydrogens is 494 g/mol. The topological polar surface area (TPSA) is 145 Å². The summed E-state index contributed by atoms with van der Waals surface area (Å²) < 4.78 is 15.1. The molecule has 0 aliphatic carbocycles. The van der Waals surface area contributed by atoms with Gasteiger partial charge in [0.2, 0.25) is 12.2 Å². The number of carboxylic acid groups (broad SMARTS) is 1. The number of hydrogen-bond acceptors (Lipinski definition) is 8. The SMILES string of the molecule is COC(=O)c1ccccc1NC(=O)[C@H](OC(=O)c1ccc(C)cc1)[C@H](OC(=O)c1ccc(C)cc1)C(=O)O. The number of carboxylic acids is 1. The van der Waals surface area contributed by atoms with Gasteiger partial charge in [-0.25, -0.2) is 19.2 Å². The van der Waals surface area contributed by atoms with Crippen LogP contribution in [0.25, 0.3) is 0 Å². The van der Waals surface area contributed by atoms with Gasteiger partial charge in [0, 0.05) is 0 Å². The number of amides is 1. The number of esters is 3. The van der Waals surface area contributed by atoms with Crippen LogP contribution in [0.4, 0.5) is 5.69 Å². The molecule has 0 saturated carbocycles. The van der Waals surface area contributed by atoms with Crippen LogP contribution in [0.5, 0.6) is 0 Å². The molecule has 0 aliphatic heterocycles. The van der Waals surface area contributed by atoms with Crippen molar-refractivity contribution in [3.05, 3.63) is 101 Å². The smallest absolute Gasteiger partial charge is 0.349 e. The van der Waals surface area contributed by atoms with Crippen LogP contribution in [0.15, 0.2) is 72.8 Å². The molecule has 196 valence electrons. The highest BCUT2D eigenvalue weighted by Gasteiger charge is 2.41. The van der Waals surface area contributed by atoms with Crippen LogP contribution in [0.1, 0.15) is 42.2 Å². The minimum atomic E-state index is -2.22. The fourth-order valence-electron chi connectivity index (χ4n) is 3.32. The number of carbonyl (C=O) groups is 5. The van der Waals surface area contributed by atoms with Crippen molar-refractivity contribution in [3.63, 3.8) is 0 Å². The minimum absolute atomic E-state index is 0.0295. The van der Waals surface area contributed by atoms with E-state index in [9.17, 15) is 29.1 Å². The van der Waals surface area contributed by atoms with Crippen molar-refractivity contribution >= 4 is 35.5 Å². The number of nitrogens with one attached hydrogen (secondary N) is 1. The second-order valence-electron chi connectivity index (χ2n) is 8.25. The predicted octanol–water partition coefficient (Wildman–Crippen LogP) is 3.56. The standard InChI is InChI=1S/C28H25NO9/c1-16-8-12-18(13-9-16)26(33)37-22(24(30)29-21-7-5-4-6-20(21)28(35)36-3)23(25(31)32)38-27(34)19-14-10-17(2)11-15-19/h4-15,22-23H,1-3H3,(H,29,30)(H,31,32)/t22-,23+/m1/s1. The minimum Gasteiger partial charge on any atom is -0.478 e. The Bertz CT molecular complexity index is 1350. The van der Waals surface area contributed by atoms with Gasteiger partial charge < -0.3 is 24.6 Å². The third kappa shape index (κ3) is 6.82. The summed E-state index contributed by atoms with van der Waals surface area (Å²) in [5.41, 5.74) is 1.71. The normalized spacial score (nSPS) is 12.0. The Balaban J connectivity index is 1.96. The van der Waals surface area contributed by atoms with E-state index in [4.69, 9.17) is 14.2 Å². The molecule has 0 fully saturated rings. The first-order valence-corrected chi connectivity index (χ1v) is 11.4. The summed E-state index contributed by atoms with van der Waals surface area (Å²) >= 11 is 0. The highest BCUT2D eigenvalue weighted by Crippen LogP contribution is 2.20. The zero-order valence-electron chi connectivity index (χ0n) is 20.8. The molecule has 3 rings (SSSR count). The Morgan fingerprint density at radius 2 is 1.16 bits per heavy atom. The van der Waals surface area contributed by atoms with Crippen molar-refractivity contribution in [2.75, 3.05) is 12.4 Å². The molecule has 2 N–H and O–H groups in total. The molecule has 0 aliphatic rings. The van der Waals surface area contributed by atoms with Crippen LogP contribution in [0, 0.1) is 13.8 Å². The third-order valence-corrected chi connectivity index (χ3v) is 5.41. The van der Waals surface area contributed by atoms with Gasteiger partial charge in [0.1, 0.15) is 0 Å². The fourth-order valence-corrected chi connectivity index (χ4v) is 3.32. The Labute approximate surface area is 218 Å². The maximum Gasteiger partial charge on any atom is 0.349 e. The van der Waals surface area contributed by atoms with Crippen LogP contribution in [-0.2, 0) is 23.8 Å². The monoisotopic (exact) mass is 519 g/mol. The van der Waals surface area contributed by atoms with Gasteiger partial charge in [0.05, 0.1) is 29.5 Å². The van der Waals surface area contributed by atoms with Crippen LogP contribution >= 0.6 is 0 Å². The second-order valence-corrected chi connectivity index (χ2v) is 8.25. The van der Waals surface area contributed by atoms with Crippen molar-refractivity contribution < 1.29 is 43.3 Å².